The van der Waals surface area contributed by atoms with E-state index in [4.69, 9.17) is 0 Å². The molecule has 0 unspecified atom stereocenters. The fourth-order valence-electron chi connectivity index (χ4n) is 1.38. The van der Waals surface area contributed by atoms with Crippen LogP contribution in [0.3, 0.4) is 0 Å². The van der Waals surface area contributed by atoms with Crippen LogP contribution in [0.4, 0.5) is 0 Å². The summed E-state index contributed by atoms with van der Waals surface area (Å²) in [6, 6.07) is 4.68. The molecule has 0 aromatic heterocycles. The first-order chi connectivity index (χ1) is 7.38. The summed E-state index contributed by atoms with van der Waals surface area (Å²) in [6.07, 6.45) is 0. The maximum Gasteiger partial charge on any atom is 0.240 e. The molecule has 16 heavy (non-hydrogen) atoms. The van der Waals surface area contributed by atoms with Crippen molar-refractivity contribution < 1.29 is 13.2 Å². The number of ketones is 1. The zero-order valence-electron chi connectivity index (χ0n) is 9.57. The van der Waals surface area contributed by atoms with E-state index in [0.29, 0.717) is 17.7 Å². The maximum absolute atomic E-state index is 11.8. The minimum atomic E-state index is -3.50. The van der Waals surface area contributed by atoms with Crippen molar-refractivity contribution in [2.75, 3.05) is 6.54 Å². The summed E-state index contributed by atoms with van der Waals surface area (Å²) >= 11 is 0. The Hall–Kier alpha value is -1.20. The zero-order chi connectivity index (χ0) is 12.3. The molecule has 0 saturated carbocycles. The summed E-state index contributed by atoms with van der Waals surface area (Å²) in [6.45, 7) is 5.15. The highest BCUT2D eigenvalue weighted by Crippen LogP contribution is 2.17. The third-order valence-electron chi connectivity index (χ3n) is 2.22. The highest BCUT2D eigenvalue weighted by molar-refractivity contribution is 7.89. The molecule has 1 N–H and O–H groups in total. The number of carbonyl (C=O) groups excluding carboxylic acids is 1. The second-order valence-electron chi connectivity index (χ2n) is 3.54. The van der Waals surface area contributed by atoms with Crippen LogP contribution < -0.4 is 4.72 Å². The lowest BCUT2D eigenvalue weighted by molar-refractivity contribution is 0.101. The van der Waals surface area contributed by atoms with Crippen molar-refractivity contribution in [2.24, 2.45) is 0 Å². The number of nitrogens with one attached hydrogen (secondary N) is 1. The Bertz CT molecular complexity index is 506. The molecule has 0 radical (unpaired) electrons. The van der Waals surface area contributed by atoms with Crippen molar-refractivity contribution in [2.45, 2.75) is 25.7 Å². The topological polar surface area (TPSA) is 63.2 Å². The van der Waals surface area contributed by atoms with Crippen LogP contribution in [0.1, 0.15) is 29.8 Å². The molecule has 4 nitrogen and oxygen atoms in total. The van der Waals surface area contributed by atoms with Crippen LogP contribution in [0.5, 0.6) is 0 Å². The Kier molecular flexibility index (Phi) is 3.83. The number of sulfonamides is 1. The molecule has 1 rings (SSSR count). The Balaban J connectivity index is 3.33. The standard InChI is InChI=1S/C11H15NO3S/c1-4-12-16(14,15)11-7-10(9(3)13)6-5-8(11)2/h5-7,12H,4H2,1-3H3. The van der Waals surface area contributed by atoms with Gasteiger partial charge in [0.25, 0.3) is 0 Å². The van der Waals surface area contributed by atoms with Gasteiger partial charge in [0.05, 0.1) is 4.90 Å². The monoisotopic (exact) mass is 241 g/mol. The predicted octanol–water partition coefficient (Wildman–Crippen LogP) is 1.50. The molecular weight excluding hydrogens is 226 g/mol. The normalized spacial score (nSPS) is 11.4. The van der Waals surface area contributed by atoms with Gasteiger partial charge in [0.2, 0.25) is 10.0 Å². The van der Waals surface area contributed by atoms with Crippen molar-refractivity contribution in [3.05, 3.63) is 29.3 Å². The summed E-state index contributed by atoms with van der Waals surface area (Å²) in [5.74, 6) is -0.145. The zero-order valence-corrected chi connectivity index (χ0v) is 10.4. The molecule has 0 bridgehead atoms. The van der Waals surface area contributed by atoms with Crippen LogP contribution in [0.25, 0.3) is 0 Å². The van der Waals surface area contributed by atoms with E-state index in [1.807, 2.05) is 0 Å². The smallest absolute Gasteiger partial charge is 0.240 e. The Morgan fingerprint density at radius 1 is 1.38 bits per heavy atom. The van der Waals surface area contributed by atoms with E-state index >= 15 is 0 Å². The van der Waals surface area contributed by atoms with E-state index in [-0.39, 0.29) is 10.7 Å². The highest BCUT2D eigenvalue weighted by Gasteiger charge is 2.16. The van der Waals surface area contributed by atoms with E-state index in [9.17, 15) is 13.2 Å². The van der Waals surface area contributed by atoms with Crippen LogP contribution in [0.15, 0.2) is 23.1 Å². The number of hydrogen-bond donors (Lipinski definition) is 1. The third-order valence-corrected chi connectivity index (χ3v) is 3.91. The summed E-state index contributed by atoms with van der Waals surface area (Å²) in [5.41, 5.74) is 1.04. The SMILES string of the molecule is CCNS(=O)(=O)c1cc(C(C)=O)ccc1C. The van der Waals surface area contributed by atoms with E-state index in [2.05, 4.69) is 4.72 Å². The first kappa shape index (κ1) is 12.9. The first-order valence-corrected chi connectivity index (χ1v) is 6.48. The lowest BCUT2D eigenvalue weighted by Crippen LogP contribution is -2.24. The lowest BCUT2D eigenvalue weighted by atomic mass is 10.1. The van der Waals surface area contributed by atoms with Crippen LogP contribution in [-0.4, -0.2) is 20.7 Å². The van der Waals surface area contributed by atoms with Gasteiger partial charge in [-0.05, 0) is 25.5 Å². The molecule has 88 valence electrons. The summed E-state index contributed by atoms with van der Waals surface area (Å²) in [4.78, 5) is 11.3. The molecule has 0 spiro atoms. The molecule has 0 aliphatic carbocycles. The number of benzene rings is 1. The molecular formula is C11H15NO3S. The van der Waals surface area contributed by atoms with Crippen molar-refractivity contribution in [3.8, 4) is 0 Å². The van der Waals surface area contributed by atoms with Gasteiger partial charge in [-0.15, -0.1) is 0 Å². The second kappa shape index (κ2) is 4.76. The van der Waals surface area contributed by atoms with Crippen LogP contribution in [0, 0.1) is 6.92 Å². The Labute approximate surface area is 95.7 Å². The quantitative estimate of drug-likeness (QED) is 0.812. The molecule has 0 fully saturated rings. The fraction of sp³-hybridized carbons (Fsp3) is 0.364. The summed E-state index contributed by atoms with van der Waals surface area (Å²) in [5, 5.41) is 0. The number of hydrogen-bond acceptors (Lipinski definition) is 3. The lowest BCUT2D eigenvalue weighted by Gasteiger charge is -2.08. The van der Waals surface area contributed by atoms with Crippen LogP contribution in [0.2, 0.25) is 0 Å². The summed E-state index contributed by atoms with van der Waals surface area (Å²) in [7, 11) is -3.50. The van der Waals surface area contributed by atoms with Gasteiger partial charge >= 0.3 is 0 Å². The molecule has 5 heteroatoms. The largest absolute Gasteiger partial charge is 0.295 e. The number of carbonyl (C=O) groups is 1. The van der Waals surface area contributed by atoms with Crippen LogP contribution >= 0.6 is 0 Å². The van der Waals surface area contributed by atoms with Gasteiger partial charge in [-0.25, -0.2) is 13.1 Å². The van der Waals surface area contributed by atoms with Crippen molar-refractivity contribution in [1.29, 1.82) is 0 Å². The van der Waals surface area contributed by atoms with E-state index in [0.717, 1.165) is 0 Å². The van der Waals surface area contributed by atoms with Gasteiger partial charge in [0.1, 0.15) is 0 Å². The van der Waals surface area contributed by atoms with E-state index in [1.165, 1.54) is 13.0 Å². The van der Waals surface area contributed by atoms with E-state index < -0.39 is 10.0 Å². The molecule has 0 aliphatic heterocycles. The number of rotatable bonds is 4. The molecule has 1 aromatic carbocycles. The number of aryl methyl sites for hydroxylation is 1. The van der Waals surface area contributed by atoms with Crippen molar-refractivity contribution in [1.82, 2.24) is 4.72 Å². The molecule has 0 atom stereocenters. The minimum absolute atomic E-state index is 0.145. The third kappa shape index (κ3) is 2.68. The fourth-order valence-corrected chi connectivity index (χ4v) is 2.69. The van der Waals surface area contributed by atoms with Gasteiger partial charge in [-0.2, -0.15) is 0 Å². The van der Waals surface area contributed by atoms with Gasteiger partial charge in [0, 0.05) is 12.1 Å². The molecule has 0 heterocycles. The van der Waals surface area contributed by atoms with Gasteiger partial charge in [-0.1, -0.05) is 19.1 Å². The van der Waals surface area contributed by atoms with Gasteiger partial charge in [0.15, 0.2) is 5.78 Å². The summed E-state index contributed by atoms with van der Waals surface area (Å²) < 4.78 is 26.0. The average molecular weight is 241 g/mol. The molecule has 0 amide bonds. The highest BCUT2D eigenvalue weighted by atomic mass is 32.2. The van der Waals surface area contributed by atoms with Crippen LogP contribution in [-0.2, 0) is 10.0 Å². The Morgan fingerprint density at radius 3 is 2.50 bits per heavy atom. The minimum Gasteiger partial charge on any atom is -0.295 e. The molecule has 0 aliphatic rings. The van der Waals surface area contributed by atoms with Gasteiger partial charge in [-0.3, -0.25) is 4.79 Å². The molecule has 0 saturated heterocycles. The van der Waals surface area contributed by atoms with Gasteiger partial charge < -0.3 is 0 Å². The predicted molar refractivity (Wildman–Crippen MR) is 62.0 cm³/mol. The van der Waals surface area contributed by atoms with Crippen molar-refractivity contribution >= 4 is 15.8 Å². The Morgan fingerprint density at radius 2 is 2.00 bits per heavy atom. The first-order valence-electron chi connectivity index (χ1n) is 4.99. The molecule has 1 aromatic rings. The second-order valence-corrected chi connectivity index (χ2v) is 5.27. The van der Waals surface area contributed by atoms with Crippen molar-refractivity contribution in [3.63, 3.8) is 0 Å². The number of Topliss-reactive ketones (excluding diaryl/α,β-unsaturated/α-hetero) is 1. The maximum atomic E-state index is 11.8. The average Bonchev–Trinajstić information content (AvgIpc) is 2.17. The van der Waals surface area contributed by atoms with E-state index in [1.54, 1.807) is 26.0 Å².